The number of halogens is 2. The van der Waals surface area contributed by atoms with E-state index in [2.05, 4.69) is 36.8 Å². The number of carbonyl (C=O) groups excluding carboxylic acids is 1. The fourth-order valence-corrected chi connectivity index (χ4v) is 2.60. The number of rotatable bonds is 4. The van der Waals surface area contributed by atoms with E-state index in [0.29, 0.717) is 5.82 Å². The lowest BCUT2D eigenvalue weighted by atomic mass is 10.2. The number of aryl methyl sites for hydroxylation is 1. The quantitative estimate of drug-likeness (QED) is 0.512. The molecule has 1 amide bonds. The van der Waals surface area contributed by atoms with E-state index in [-0.39, 0.29) is 27.1 Å². The van der Waals surface area contributed by atoms with E-state index >= 15 is 0 Å². The molecule has 11 heteroatoms. The summed E-state index contributed by atoms with van der Waals surface area (Å²) >= 11 is 3.06. The third-order valence-corrected chi connectivity index (χ3v) is 4.13. The predicted molar refractivity (Wildman–Crippen MR) is 92.6 cm³/mol. The minimum Gasteiger partial charge on any atom is -0.322 e. The molecule has 0 aliphatic rings. The molecule has 1 N–H and O–H groups in total. The minimum absolute atomic E-state index is 0.0621. The lowest BCUT2D eigenvalue weighted by Crippen LogP contribution is -2.13. The van der Waals surface area contributed by atoms with Gasteiger partial charge in [-0.2, -0.15) is 4.68 Å². The second-order valence-corrected chi connectivity index (χ2v) is 6.04. The number of hydrogen-bond acceptors (Lipinski definition) is 6. The van der Waals surface area contributed by atoms with Crippen molar-refractivity contribution < 1.29 is 14.1 Å². The molecular weight excluding hydrogens is 411 g/mol. The summed E-state index contributed by atoms with van der Waals surface area (Å²) in [7, 11) is 0. The number of tetrazole rings is 1. The number of aromatic nitrogens is 4. The van der Waals surface area contributed by atoms with E-state index in [1.54, 1.807) is 6.92 Å². The Morgan fingerprint density at radius 1 is 1.31 bits per heavy atom. The molecule has 0 bridgehead atoms. The van der Waals surface area contributed by atoms with Crippen molar-refractivity contribution in [2.75, 3.05) is 5.32 Å². The van der Waals surface area contributed by atoms with Crippen LogP contribution in [0.2, 0.25) is 0 Å². The first-order valence-corrected chi connectivity index (χ1v) is 7.96. The molecule has 2 aromatic carbocycles. The van der Waals surface area contributed by atoms with Crippen LogP contribution in [0.15, 0.2) is 40.9 Å². The maximum atomic E-state index is 14.1. The largest absolute Gasteiger partial charge is 0.322 e. The summed E-state index contributed by atoms with van der Waals surface area (Å²) in [5.41, 5.74) is 0.199. The SMILES string of the molecule is Cc1nnnn1-c1cc(NC(=O)c2ccc(Br)c([N+](=O)[O-])c2)ccc1F. The summed E-state index contributed by atoms with van der Waals surface area (Å²) in [6.45, 7) is 1.60. The monoisotopic (exact) mass is 420 g/mol. The molecule has 3 rings (SSSR count). The smallest absolute Gasteiger partial charge is 0.284 e. The molecule has 0 aliphatic heterocycles. The fraction of sp³-hybridized carbons (Fsp3) is 0.0667. The summed E-state index contributed by atoms with van der Waals surface area (Å²) in [5, 5.41) is 24.4. The number of hydrogen-bond donors (Lipinski definition) is 1. The number of benzene rings is 2. The van der Waals surface area contributed by atoms with Crippen molar-refractivity contribution in [3.05, 3.63) is 68.2 Å². The number of carbonyl (C=O) groups is 1. The van der Waals surface area contributed by atoms with Crippen molar-refractivity contribution in [3.8, 4) is 5.69 Å². The predicted octanol–water partition coefficient (Wildman–Crippen LogP) is 3.03. The van der Waals surface area contributed by atoms with Crippen molar-refractivity contribution >= 4 is 33.2 Å². The van der Waals surface area contributed by atoms with E-state index in [0.717, 1.165) is 12.1 Å². The van der Waals surface area contributed by atoms with E-state index < -0.39 is 16.6 Å². The summed E-state index contributed by atoms with van der Waals surface area (Å²) in [5.74, 6) is -0.778. The first kappa shape index (κ1) is 17.6. The van der Waals surface area contributed by atoms with Crippen molar-refractivity contribution in [3.63, 3.8) is 0 Å². The highest BCUT2D eigenvalue weighted by molar-refractivity contribution is 9.10. The molecule has 0 atom stereocenters. The van der Waals surface area contributed by atoms with Crippen LogP contribution in [0.1, 0.15) is 16.2 Å². The van der Waals surface area contributed by atoms with E-state index in [4.69, 9.17) is 0 Å². The van der Waals surface area contributed by atoms with Crippen LogP contribution in [0.4, 0.5) is 15.8 Å². The van der Waals surface area contributed by atoms with Crippen LogP contribution in [0.3, 0.4) is 0 Å². The van der Waals surface area contributed by atoms with Gasteiger partial charge in [0.15, 0.2) is 5.82 Å². The number of nitrogens with zero attached hydrogens (tertiary/aromatic N) is 5. The zero-order valence-electron chi connectivity index (χ0n) is 13.2. The van der Waals surface area contributed by atoms with Gasteiger partial charge in [-0.1, -0.05) is 0 Å². The number of nitro groups is 1. The van der Waals surface area contributed by atoms with Crippen molar-refractivity contribution in [1.82, 2.24) is 20.2 Å². The van der Waals surface area contributed by atoms with Crippen LogP contribution in [-0.4, -0.2) is 31.0 Å². The molecule has 0 saturated heterocycles. The highest BCUT2D eigenvalue weighted by atomic mass is 79.9. The molecule has 26 heavy (non-hydrogen) atoms. The summed E-state index contributed by atoms with van der Waals surface area (Å²) < 4.78 is 15.5. The molecule has 132 valence electrons. The van der Waals surface area contributed by atoms with Crippen LogP contribution in [-0.2, 0) is 0 Å². The Morgan fingerprint density at radius 2 is 2.08 bits per heavy atom. The summed E-state index contributed by atoms with van der Waals surface area (Å²) in [4.78, 5) is 22.7. The van der Waals surface area contributed by atoms with Crippen molar-refractivity contribution in [2.24, 2.45) is 0 Å². The van der Waals surface area contributed by atoms with Crippen LogP contribution < -0.4 is 5.32 Å². The number of nitro benzene ring substituents is 1. The Bertz CT molecular complexity index is 1020. The van der Waals surface area contributed by atoms with Gasteiger partial charge in [0.2, 0.25) is 0 Å². The first-order valence-electron chi connectivity index (χ1n) is 7.17. The average Bonchev–Trinajstić information content (AvgIpc) is 3.02. The van der Waals surface area contributed by atoms with Gasteiger partial charge in [-0.05, 0) is 63.6 Å². The molecule has 1 heterocycles. The number of nitrogens with one attached hydrogen (secondary N) is 1. The molecule has 0 radical (unpaired) electrons. The third kappa shape index (κ3) is 3.42. The van der Waals surface area contributed by atoms with Gasteiger partial charge < -0.3 is 5.32 Å². The van der Waals surface area contributed by atoms with Gasteiger partial charge >= 0.3 is 0 Å². The van der Waals surface area contributed by atoms with Gasteiger partial charge in [0.1, 0.15) is 11.5 Å². The van der Waals surface area contributed by atoms with E-state index in [1.165, 1.54) is 28.9 Å². The molecule has 0 aliphatic carbocycles. The molecule has 1 aromatic heterocycles. The molecule has 3 aromatic rings. The Hall–Kier alpha value is -3.21. The van der Waals surface area contributed by atoms with Crippen LogP contribution in [0.5, 0.6) is 0 Å². The van der Waals surface area contributed by atoms with Gasteiger partial charge in [0, 0.05) is 17.3 Å². The zero-order valence-corrected chi connectivity index (χ0v) is 14.8. The van der Waals surface area contributed by atoms with Crippen LogP contribution in [0, 0.1) is 22.9 Å². The Morgan fingerprint density at radius 3 is 2.73 bits per heavy atom. The van der Waals surface area contributed by atoms with Crippen molar-refractivity contribution in [1.29, 1.82) is 0 Å². The lowest BCUT2D eigenvalue weighted by Gasteiger charge is -2.09. The Labute approximate surface area is 154 Å². The Kier molecular flexibility index (Phi) is 4.71. The maximum absolute atomic E-state index is 14.1. The molecule has 9 nitrogen and oxygen atoms in total. The normalized spacial score (nSPS) is 10.6. The summed E-state index contributed by atoms with van der Waals surface area (Å²) in [6, 6.07) is 7.88. The van der Waals surface area contributed by atoms with Gasteiger partial charge in [0.05, 0.1) is 9.40 Å². The van der Waals surface area contributed by atoms with Crippen molar-refractivity contribution in [2.45, 2.75) is 6.92 Å². The second-order valence-electron chi connectivity index (χ2n) is 5.18. The standard InChI is InChI=1S/C15H10BrFN6O3/c1-8-19-20-21-22(8)14-7-10(3-5-12(14)17)18-15(24)9-2-4-11(16)13(6-9)23(25)26/h2-7H,1H3,(H,18,24). The van der Waals surface area contributed by atoms with Gasteiger partial charge in [0.25, 0.3) is 11.6 Å². The Balaban J connectivity index is 1.90. The summed E-state index contributed by atoms with van der Waals surface area (Å²) in [6.07, 6.45) is 0. The highest BCUT2D eigenvalue weighted by Crippen LogP contribution is 2.26. The molecule has 0 spiro atoms. The molecule has 0 unspecified atom stereocenters. The highest BCUT2D eigenvalue weighted by Gasteiger charge is 2.17. The van der Waals surface area contributed by atoms with E-state index in [1.807, 2.05) is 0 Å². The van der Waals surface area contributed by atoms with Gasteiger partial charge in [-0.25, -0.2) is 4.39 Å². The third-order valence-electron chi connectivity index (χ3n) is 3.46. The minimum atomic E-state index is -0.600. The molecule has 0 saturated carbocycles. The first-order chi connectivity index (χ1) is 12.4. The lowest BCUT2D eigenvalue weighted by molar-refractivity contribution is -0.385. The van der Waals surface area contributed by atoms with E-state index in [9.17, 15) is 19.3 Å². The van der Waals surface area contributed by atoms with Crippen LogP contribution in [0.25, 0.3) is 5.69 Å². The maximum Gasteiger partial charge on any atom is 0.284 e. The zero-order chi connectivity index (χ0) is 18.8. The fourth-order valence-electron chi connectivity index (χ4n) is 2.20. The molecular formula is C15H10BrFN6O3. The van der Waals surface area contributed by atoms with Gasteiger partial charge in [-0.15, -0.1) is 5.10 Å². The van der Waals surface area contributed by atoms with Crippen LogP contribution >= 0.6 is 15.9 Å². The molecule has 0 fully saturated rings. The average molecular weight is 421 g/mol. The second kappa shape index (κ2) is 6.96. The topological polar surface area (TPSA) is 116 Å². The number of anilines is 1. The number of amides is 1. The van der Waals surface area contributed by atoms with Gasteiger partial charge in [-0.3, -0.25) is 14.9 Å².